The number of carbonyl (C=O) groups excluding carboxylic acids is 1. The largest absolute Gasteiger partial charge is 0.320 e. The molecule has 4 heteroatoms. The molecule has 0 saturated heterocycles. The molecule has 1 rings (SSSR count). The van der Waals surface area contributed by atoms with Gasteiger partial charge in [0.05, 0.1) is 6.04 Å². The number of hydrogen-bond acceptors (Lipinski definition) is 3. The van der Waals surface area contributed by atoms with Gasteiger partial charge in [0.25, 0.3) is 0 Å². The van der Waals surface area contributed by atoms with Gasteiger partial charge in [-0.25, -0.2) is 0 Å². The zero-order valence-corrected chi connectivity index (χ0v) is 10.5. The number of hydrogen-bond donors (Lipinski definition) is 1. The zero-order chi connectivity index (χ0) is 12.0. The van der Waals surface area contributed by atoms with Crippen LogP contribution in [0.25, 0.3) is 0 Å². The summed E-state index contributed by atoms with van der Waals surface area (Å²) >= 11 is 1.70. The minimum absolute atomic E-state index is 0.0275. The number of likely N-dealkylation sites (N-methyl/N-ethyl adjacent to an activating group) is 1. The Kier molecular flexibility index (Phi) is 5.35. The lowest BCUT2D eigenvalue weighted by molar-refractivity contribution is -0.119. The van der Waals surface area contributed by atoms with E-state index in [-0.39, 0.29) is 5.91 Å². The van der Waals surface area contributed by atoms with Gasteiger partial charge in [0.2, 0.25) is 5.91 Å². The van der Waals surface area contributed by atoms with Crippen LogP contribution in [0.15, 0.2) is 30.3 Å². The van der Waals surface area contributed by atoms with Crippen LogP contribution in [0.3, 0.4) is 0 Å². The van der Waals surface area contributed by atoms with Crippen molar-refractivity contribution in [1.29, 1.82) is 0 Å². The Morgan fingerprint density at radius 1 is 1.44 bits per heavy atom. The van der Waals surface area contributed by atoms with Crippen molar-refractivity contribution in [3.63, 3.8) is 0 Å². The molecular weight excluding hydrogens is 220 g/mol. The van der Waals surface area contributed by atoms with E-state index in [1.165, 1.54) is 0 Å². The molecule has 2 N–H and O–H groups in total. The number of rotatable bonds is 5. The van der Waals surface area contributed by atoms with Crippen molar-refractivity contribution in [1.82, 2.24) is 0 Å². The quantitative estimate of drug-likeness (QED) is 0.849. The van der Waals surface area contributed by atoms with E-state index in [1.54, 1.807) is 23.7 Å². The first kappa shape index (κ1) is 13.1. The number of nitrogens with two attached hydrogens (primary N) is 1. The SMILES string of the molecule is CSCC[C@H](N)C(=O)N(C)c1ccccc1. The van der Waals surface area contributed by atoms with E-state index in [0.29, 0.717) is 0 Å². The molecule has 0 aromatic heterocycles. The molecule has 1 aromatic rings. The van der Waals surface area contributed by atoms with Gasteiger partial charge in [-0.15, -0.1) is 0 Å². The predicted octanol–water partition coefficient (Wildman–Crippen LogP) is 1.73. The Bertz CT molecular complexity index is 329. The second-order valence-electron chi connectivity index (χ2n) is 3.62. The summed E-state index contributed by atoms with van der Waals surface area (Å²) in [5, 5.41) is 0. The van der Waals surface area contributed by atoms with Gasteiger partial charge in [-0.3, -0.25) is 4.79 Å². The summed E-state index contributed by atoms with van der Waals surface area (Å²) in [5.41, 5.74) is 6.72. The van der Waals surface area contributed by atoms with Crippen LogP contribution >= 0.6 is 11.8 Å². The summed E-state index contributed by atoms with van der Waals surface area (Å²) in [6.07, 6.45) is 2.73. The summed E-state index contributed by atoms with van der Waals surface area (Å²) in [7, 11) is 1.76. The first-order valence-electron chi connectivity index (χ1n) is 5.24. The maximum atomic E-state index is 11.9. The first-order chi connectivity index (χ1) is 7.66. The van der Waals surface area contributed by atoms with Gasteiger partial charge in [0.15, 0.2) is 0 Å². The highest BCUT2D eigenvalue weighted by Crippen LogP contribution is 2.12. The second-order valence-corrected chi connectivity index (χ2v) is 4.61. The molecule has 0 unspecified atom stereocenters. The Hall–Kier alpha value is -1.00. The van der Waals surface area contributed by atoms with E-state index in [2.05, 4.69) is 0 Å². The molecule has 0 fully saturated rings. The van der Waals surface area contributed by atoms with E-state index >= 15 is 0 Å². The normalized spacial score (nSPS) is 12.2. The minimum Gasteiger partial charge on any atom is -0.320 e. The highest BCUT2D eigenvalue weighted by Gasteiger charge is 2.18. The van der Waals surface area contributed by atoms with Crippen molar-refractivity contribution in [2.24, 2.45) is 5.73 Å². The fourth-order valence-electron chi connectivity index (χ4n) is 1.40. The van der Waals surface area contributed by atoms with Crippen molar-refractivity contribution in [3.8, 4) is 0 Å². The van der Waals surface area contributed by atoms with Crippen LogP contribution in [0.1, 0.15) is 6.42 Å². The fraction of sp³-hybridized carbons (Fsp3) is 0.417. The topological polar surface area (TPSA) is 46.3 Å². The summed E-state index contributed by atoms with van der Waals surface area (Å²) in [6, 6.07) is 9.14. The van der Waals surface area contributed by atoms with Gasteiger partial charge >= 0.3 is 0 Å². The minimum atomic E-state index is -0.405. The molecule has 3 nitrogen and oxygen atoms in total. The summed E-state index contributed by atoms with van der Waals surface area (Å²) in [5.74, 6) is 0.885. The van der Waals surface area contributed by atoms with E-state index < -0.39 is 6.04 Å². The molecule has 16 heavy (non-hydrogen) atoms. The number of benzene rings is 1. The van der Waals surface area contributed by atoms with Crippen molar-refractivity contribution in [2.75, 3.05) is 24.0 Å². The average Bonchev–Trinajstić information content (AvgIpc) is 2.35. The summed E-state index contributed by atoms with van der Waals surface area (Å²) < 4.78 is 0. The standard InChI is InChI=1S/C12H18N2OS/c1-14(10-6-4-3-5-7-10)12(15)11(13)8-9-16-2/h3-7,11H,8-9,13H2,1-2H3/t11-/m0/s1. The lowest BCUT2D eigenvalue weighted by atomic mass is 10.2. The second kappa shape index (κ2) is 6.55. The van der Waals surface area contributed by atoms with Crippen molar-refractivity contribution >= 4 is 23.4 Å². The molecule has 88 valence electrons. The Morgan fingerprint density at radius 3 is 2.62 bits per heavy atom. The van der Waals surface area contributed by atoms with E-state index in [1.807, 2.05) is 36.6 Å². The van der Waals surface area contributed by atoms with E-state index in [0.717, 1.165) is 17.9 Å². The van der Waals surface area contributed by atoms with Gasteiger partial charge in [-0.1, -0.05) is 18.2 Å². The monoisotopic (exact) mass is 238 g/mol. The highest BCUT2D eigenvalue weighted by atomic mass is 32.2. The maximum absolute atomic E-state index is 11.9. The molecule has 0 saturated carbocycles. The lowest BCUT2D eigenvalue weighted by Gasteiger charge is -2.21. The third-order valence-corrected chi connectivity index (χ3v) is 3.07. The number of anilines is 1. The Labute approximate surface area is 101 Å². The van der Waals surface area contributed by atoms with Crippen LogP contribution in [-0.2, 0) is 4.79 Å². The lowest BCUT2D eigenvalue weighted by Crippen LogP contribution is -2.42. The molecule has 0 spiro atoms. The molecule has 0 aliphatic carbocycles. The molecule has 0 heterocycles. The van der Waals surface area contributed by atoms with Crippen molar-refractivity contribution < 1.29 is 4.79 Å². The van der Waals surface area contributed by atoms with E-state index in [4.69, 9.17) is 5.73 Å². The molecule has 1 atom stereocenters. The van der Waals surface area contributed by atoms with E-state index in [9.17, 15) is 4.79 Å². The van der Waals surface area contributed by atoms with Gasteiger partial charge in [-0.05, 0) is 30.6 Å². The molecule has 1 amide bonds. The van der Waals surface area contributed by atoms with Gasteiger partial charge in [-0.2, -0.15) is 11.8 Å². The van der Waals surface area contributed by atoms with Gasteiger partial charge < -0.3 is 10.6 Å². The molecule has 0 aliphatic heterocycles. The molecule has 0 bridgehead atoms. The number of carbonyl (C=O) groups is 1. The van der Waals surface area contributed by atoms with Crippen LogP contribution in [0, 0.1) is 0 Å². The highest BCUT2D eigenvalue weighted by molar-refractivity contribution is 7.98. The summed E-state index contributed by atoms with van der Waals surface area (Å²) in [4.78, 5) is 13.6. The fourth-order valence-corrected chi connectivity index (χ4v) is 1.89. The first-order valence-corrected chi connectivity index (χ1v) is 6.63. The van der Waals surface area contributed by atoms with Crippen LogP contribution in [0.4, 0.5) is 5.69 Å². The van der Waals surface area contributed by atoms with Gasteiger partial charge in [0.1, 0.15) is 0 Å². The van der Waals surface area contributed by atoms with Crippen molar-refractivity contribution in [3.05, 3.63) is 30.3 Å². The molecule has 1 aromatic carbocycles. The van der Waals surface area contributed by atoms with Crippen LogP contribution < -0.4 is 10.6 Å². The van der Waals surface area contributed by atoms with Crippen LogP contribution in [0.5, 0.6) is 0 Å². The van der Waals surface area contributed by atoms with Crippen LogP contribution in [0.2, 0.25) is 0 Å². The maximum Gasteiger partial charge on any atom is 0.243 e. The molecular formula is C12H18N2OS. The molecule has 0 radical (unpaired) electrons. The number of nitrogens with zero attached hydrogens (tertiary/aromatic N) is 1. The van der Waals surface area contributed by atoms with Crippen molar-refractivity contribution in [2.45, 2.75) is 12.5 Å². The van der Waals surface area contributed by atoms with Crippen LogP contribution in [-0.4, -0.2) is 31.0 Å². The third-order valence-electron chi connectivity index (χ3n) is 2.42. The third kappa shape index (κ3) is 3.54. The number of para-hydroxylation sites is 1. The van der Waals surface area contributed by atoms with Gasteiger partial charge in [0, 0.05) is 12.7 Å². The smallest absolute Gasteiger partial charge is 0.243 e. The Balaban J connectivity index is 2.60. The number of amides is 1. The average molecular weight is 238 g/mol. The molecule has 0 aliphatic rings. The predicted molar refractivity (Wildman–Crippen MR) is 70.8 cm³/mol. The zero-order valence-electron chi connectivity index (χ0n) is 9.72. The number of thioether (sulfide) groups is 1. The summed E-state index contributed by atoms with van der Waals surface area (Å²) in [6.45, 7) is 0. The Morgan fingerprint density at radius 2 is 2.06 bits per heavy atom.